The zero-order chi connectivity index (χ0) is 14.0. The van der Waals surface area contributed by atoms with Crippen LogP contribution in [0.1, 0.15) is 12.0 Å². The second-order valence-corrected chi connectivity index (χ2v) is 7.15. The van der Waals surface area contributed by atoms with E-state index in [0.29, 0.717) is 0 Å². The van der Waals surface area contributed by atoms with Gasteiger partial charge in [-0.1, -0.05) is 12.1 Å². The number of benzene rings is 1. The van der Waals surface area contributed by atoms with Crippen LogP contribution in [0.3, 0.4) is 0 Å². The zero-order valence-electron chi connectivity index (χ0n) is 12.3. The number of aryl methyl sites for hydroxylation is 1. The van der Waals surface area contributed by atoms with Crippen molar-refractivity contribution in [2.45, 2.75) is 18.9 Å². The molecule has 1 atom stereocenters. The molecule has 4 heteroatoms. The van der Waals surface area contributed by atoms with E-state index in [1.165, 1.54) is 29.2 Å². The monoisotopic (exact) mass is 291 g/mol. The lowest BCUT2D eigenvalue weighted by Gasteiger charge is -2.45. The number of piperazine rings is 1. The highest BCUT2D eigenvalue weighted by Crippen LogP contribution is 2.33. The SMILES string of the molecule is Cc1cccc(N2CCN(C3(CN)CCSC3)CC2)c1. The number of hydrogen-bond donors (Lipinski definition) is 1. The number of hydrogen-bond acceptors (Lipinski definition) is 4. The van der Waals surface area contributed by atoms with Gasteiger partial charge < -0.3 is 10.6 Å². The molecule has 3 nitrogen and oxygen atoms in total. The molecule has 2 N–H and O–H groups in total. The van der Waals surface area contributed by atoms with Crippen LogP contribution in [0.4, 0.5) is 5.69 Å². The highest BCUT2D eigenvalue weighted by atomic mass is 32.2. The molecule has 1 aromatic carbocycles. The fraction of sp³-hybridized carbons (Fsp3) is 0.625. The average Bonchev–Trinajstić information content (AvgIpc) is 2.98. The number of thioether (sulfide) groups is 1. The minimum absolute atomic E-state index is 0.281. The minimum atomic E-state index is 0.281. The van der Waals surface area contributed by atoms with Gasteiger partial charge in [0.2, 0.25) is 0 Å². The van der Waals surface area contributed by atoms with Gasteiger partial charge in [0.05, 0.1) is 0 Å². The first-order chi connectivity index (χ1) is 9.73. The van der Waals surface area contributed by atoms with Gasteiger partial charge in [-0.25, -0.2) is 0 Å². The Bertz CT molecular complexity index is 449. The molecule has 2 fully saturated rings. The van der Waals surface area contributed by atoms with Crippen molar-refractivity contribution in [3.63, 3.8) is 0 Å². The van der Waals surface area contributed by atoms with Crippen molar-refractivity contribution in [2.24, 2.45) is 5.73 Å². The molecule has 2 aliphatic heterocycles. The molecular weight excluding hydrogens is 266 g/mol. The molecule has 2 aliphatic rings. The average molecular weight is 291 g/mol. The number of nitrogens with two attached hydrogens (primary N) is 1. The van der Waals surface area contributed by atoms with Gasteiger partial charge in [-0.2, -0.15) is 11.8 Å². The van der Waals surface area contributed by atoms with Crippen LogP contribution in [-0.4, -0.2) is 54.7 Å². The molecule has 1 aromatic rings. The van der Waals surface area contributed by atoms with Crippen molar-refractivity contribution >= 4 is 17.4 Å². The number of nitrogens with zero attached hydrogens (tertiary/aromatic N) is 2. The lowest BCUT2D eigenvalue weighted by Crippen LogP contribution is -2.60. The van der Waals surface area contributed by atoms with Gasteiger partial charge in [-0.3, -0.25) is 4.90 Å². The molecule has 0 bridgehead atoms. The van der Waals surface area contributed by atoms with Gasteiger partial charge >= 0.3 is 0 Å². The van der Waals surface area contributed by atoms with Crippen LogP contribution in [0.15, 0.2) is 24.3 Å². The molecule has 0 aliphatic carbocycles. The van der Waals surface area contributed by atoms with E-state index in [9.17, 15) is 0 Å². The van der Waals surface area contributed by atoms with Crippen molar-refractivity contribution in [2.75, 3.05) is 49.1 Å². The summed E-state index contributed by atoms with van der Waals surface area (Å²) in [7, 11) is 0. The summed E-state index contributed by atoms with van der Waals surface area (Å²) < 4.78 is 0. The highest BCUT2D eigenvalue weighted by Gasteiger charge is 2.40. The Morgan fingerprint density at radius 3 is 2.65 bits per heavy atom. The second kappa shape index (κ2) is 5.96. The van der Waals surface area contributed by atoms with Crippen molar-refractivity contribution in [1.29, 1.82) is 0 Å². The Hall–Kier alpha value is -0.710. The third kappa shape index (κ3) is 2.69. The largest absolute Gasteiger partial charge is 0.369 e. The van der Waals surface area contributed by atoms with Crippen LogP contribution in [0.2, 0.25) is 0 Å². The summed E-state index contributed by atoms with van der Waals surface area (Å²) in [6.45, 7) is 7.51. The molecule has 0 aromatic heterocycles. The van der Waals surface area contributed by atoms with Crippen molar-refractivity contribution in [3.8, 4) is 0 Å². The predicted octanol–water partition coefficient (Wildman–Crippen LogP) is 1.95. The summed E-state index contributed by atoms with van der Waals surface area (Å²) in [6, 6.07) is 8.84. The normalized spacial score (nSPS) is 28.0. The first-order valence-corrected chi connectivity index (χ1v) is 8.73. The van der Waals surface area contributed by atoms with Gasteiger partial charge in [0, 0.05) is 49.7 Å². The molecule has 0 radical (unpaired) electrons. The van der Waals surface area contributed by atoms with E-state index in [1.54, 1.807) is 0 Å². The Kier molecular flexibility index (Phi) is 4.24. The van der Waals surface area contributed by atoms with Crippen LogP contribution >= 0.6 is 11.8 Å². The van der Waals surface area contributed by atoms with E-state index in [0.717, 1.165) is 32.7 Å². The minimum Gasteiger partial charge on any atom is -0.369 e. The maximum absolute atomic E-state index is 6.10. The van der Waals surface area contributed by atoms with Crippen LogP contribution < -0.4 is 10.6 Å². The Morgan fingerprint density at radius 2 is 2.05 bits per heavy atom. The molecule has 0 amide bonds. The topological polar surface area (TPSA) is 32.5 Å². The third-order valence-corrected chi connectivity index (χ3v) is 6.01. The molecule has 2 heterocycles. The van der Waals surface area contributed by atoms with E-state index in [2.05, 4.69) is 52.8 Å². The first kappa shape index (κ1) is 14.2. The molecule has 0 spiro atoms. The van der Waals surface area contributed by atoms with Gasteiger partial charge in [0.25, 0.3) is 0 Å². The molecule has 1 unspecified atom stereocenters. The van der Waals surface area contributed by atoms with Crippen LogP contribution in [0.25, 0.3) is 0 Å². The predicted molar refractivity (Wildman–Crippen MR) is 88.7 cm³/mol. The zero-order valence-corrected chi connectivity index (χ0v) is 13.2. The summed E-state index contributed by atoms with van der Waals surface area (Å²) in [4.78, 5) is 5.16. The van der Waals surface area contributed by atoms with E-state index in [1.807, 2.05) is 0 Å². The summed E-state index contributed by atoms with van der Waals surface area (Å²) >= 11 is 2.06. The summed E-state index contributed by atoms with van der Waals surface area (Å²) in [5, 5.41) is 0. The Balaban J connectivity index is 1.65. The number of anilines is 1. The summed E-state index contributed by atoms with van der Waals surface area (Å²) in [6.07, 6.45) is 1.26. The lowest BCUT2D eigenvalue weighted by atomic mass is 9.95. The van der Waals surface area contributed by atoms with Gasteiger partial charge in [0.15, 0.2) is 0 Å². The molecular formula is C16H25N3S. The fourth-order valence-corrected chi connectivity index (χ4v) is 4.89. The Labute approximate surface area is 126 Å². The Morgan fingerprint density at radius 1 is 1.25 bits per heavy atom. The van der Waals surface area contributed by atoms with Crippen molar-refractivity contribution < 1.29 is 0 Å². The van der Waals surface area contributed by atoms with E-state index in [-0.39, 0.29) is 5.54 Å². The smallest absolute Gasteiger partial charge is 0.0431 e. The molecule has 3 rings (SSSR count). The molecule has 110 valence electrons. The van der Waals surface area contributed by atoms with E-state index < -0.39 is 0 Å². The van der Waals surface area contributed by atoms with Gasteiger partial charge in [0.1, 0.15) is 0 Å². The van der Waals surface area contributed by atoms with E-state index >= 15 is 0 Å². The van der Waals surface area contributed by atoms with E-state index in [4.69, 9.17) is 5.73 Å². The van der Waals surface area contributed by atoms with Crippen LogP contribution in [0.5, 0.6) is 0 Å². The quantitative estimate of drug-likeness (QED) is 0.923. The molecule has 20 heavy (non-hydrogen) atoms. The fourth-order valence-electron chi connectivity index (χ4n) is 3.40. The maximum atomic E-state index is 6.10. The third-order valence-electron chi connectivity index (χ3n) is 4.78. The number of rotatable bonds is 3. The lowest BCUT2D eigenvalue weighted by molar-refractivity contribution is 0.109. The summed E-state index contributed by atoms with van der Waals surface area (Å²) in [5.41, 5.74) is 9.09. The summed E-state index contributed by atoms with van der Waals surface area (Å²) in [5.74, 6) is 2.49. The molecule has 2 saturated heterocycles. The first-order valence-electron chi connectivity index (χ1n) is 7.58. The van der Waals surface area contributed by atoms with Crippen molar-refractivity contribution in [3.05, 3.63) is 29.8 Å². The standard InChI is InChI=1S/C16H25N3S/c1-14-3-2-4-15(11-14)18-6-8-19(9-7-18)16(12-17)5-10-20-13-16/h2-4,11H,5-10,12-13,17H2,1H3. The van der Waals surface area contributed by atoms with Crippen LogP contribution in [-0.2, 0) is 0 Å². The molecule has 0 saturated carbocycles. The van der Waals surface area contributed by atoms with Gasteiger partial charge in [-0.15, -0.1) is 0 Å². The maximum Gasteiger partial charge on any atom is 0.0431 e. The van der Waals surface area contributed by atoms with Crippen molar-refractivity contribution in [1.82, 2.24) is 4.90 Å². The highest BCUT2D eigenvalue weighted by molar-refractivity contribution is 7.99. The van der Waals surface area contributed by atoms with Gasteiger partial charge in [-0.05, 0) is 36.8 Å². The van der Waals surface area contributed by atoms with Crippen LogP contribution in [0, 0.1) is 6.92 Å². The second-order valence-electron chi connectivity index (χ2n) is 6.04.